The third-order valence-electron chi connectivity index (χ3n) is 4.55. The number of amides is 1. The Morgan fingerprint density at radius 3 is 2.53 bits per heavy atom. The lowest BCUT2D eigenvalue weighted by Gasteiger charge is -2.01. The normalized spacial score (nSPS) is 10.7. The molecule has 0 fully saturated rings. The number of carbonyl (C=O) groups is 1. The number of non-ortho nitro benzene ring substituents is 1. The smallest absolute Gasteiger partial charge is 0.278 e. The van der Waals surface area contributed by atoms with Crippen molar-refractivity contribution < 1.29 is 14.2 Å². The lowest BCUT2D eigenvalue weighted by molar-refractivity contribution is -0.384. The van der Waals surface area contributed by atoms with Crippen LogP contribution in [0, 0.1) is 10.1 Å². The predicted octanol–water partition coefficient (Wildman–Crippen LogP) is 4.25. The van der Waals surface area contributed by atoms with Gasteiger partial charge < -0.3 is 4.52 Å². The molecule has 30 heavy (non-hydrogen) atoms. The first-order valence-corrected chi connectivity index (χ1v) is 9.21. The topological polar surface area (TPSA) is 116 Å². The summed E-state index contributed by atoms with van der Waals surface area (Å²) >= 11 is 0. The number of hydrogen-bond donors (Lipinski definition) is 1. The van der Waals surface area contributed by atoms with E-state index in [1.807, 2.05) is 24.3 Å². The first-order chi connectivity index (χ1) is 14.5. The molecular weight excluding hydrogens is 386 g/mol. The minimum atomic E-state index is -0.477. The van der Waals surface area contributed by atoms with Gasteiger partial charge in [0.05, 0.1) is 10.6 Å². The largest absolute Gasteiger partial charge is 0.338 e. The van der Waals surface area contributed by atoms with Gasteiger partial charge >= 0.3 is 0 Å². The summed E-state index contributed by atoms with van der Waals surface area (Å²) in [4.78, 5) is 22.7. The maximum atomic E-state index is 12.5. The van der Waals surface area contributed by atoms with Crippen molar-refractivity contribution >= 4 is 17.5 Å². The molecule has 0 radical (unpaired) electrons. The van der Waals surface area contributed by atoms with Crippen LogP contribution in [0.2, 0.25) is 0 Å². The molecule has 0 aliphatic carbocycles. The van der Waals surface area contributed by atoms with Gasteiger partial charge in [0.2, 0.25) is 5.88 Å². The summed E-state index contributed by atoms with van der Waals surface area (Å²) in [6.07, 6.45) is 2.55. The van der Waals surface area contributed by atoms with Crippen LogP contribution >= 0.6 is 0 Å². The molecule has 0 aliphatic rings. The fourth-order valence-corrected chi connectivity index (χ4v) is 2.87. The van der Waals surface area contributed by atoms with E-state index in [0.717, 1.165) is 12.0 Å². The Morgan fingerprint density at radius 1 is 1.13 bits per heavy atom. The number of nitrogens with one attached hydrogen (secondary N) is 1. The molecule has 0 bridgehead atoms. The third kappa shape index (κ3) is 3.95. The summed E-state index contributed by atoms with van der Waals surface area (Å²) in [7, 11) is 0. The molecule has 9 heteroatoms. The van der Waals surface area contributed by atoms with Crippen molar-refractivity contribution in [3.63, 3.8) is 0 Å². The van der Waals surface area contributed by atoms with Gasteiger partial charge in [-0.05, 0) is 30.2 Å². The number of nitrogens with zero attached hydrogens (tertiary/aromatic N) is 4. The molecular formula is C21H17N5O4. The molecule has 2 heterocycles. The molecule has 9 nitrogen and oxygen atoms in total. The van der Waals surface area contributed by atoms with Crippen LogP contribution in [0.3, 0.4) is 0 Å². The van der Waals surface area contributed by atoms with Gasteiger partial charge in [-0.2, -0.15) is 5.10 Å². The first-order valence-electron chi connectivity index (χ1n) is 9.21. The van der Waals surface area contributed by atoms with Gasteiger partial charge in [0.1, 0.15) is 5.69 Å². The van der Waals surface area contributed by atoms with Crippen molar-refractivity contribution in [2.45, 2.75) is 13.3 Å². The van der Waals surface area contributed by atoms with E-state index >= 15 is 0 Å². The summed E-state index contributed by atoms with van der Waals surface area (Å²) in [5, 5.41) is 21.6. The maximum absolute atomic E-state index is 12.5. The van der Waals surface area contributed by atoms with Crippen LogP contribution in [0.15, 0.2) is 71.4 Å². The second kappa shape index (κ2) is 8.00. The summed E-state index contributed by atoms with van der Waals surface area (Å²) < 4.78 is 6.67. The van der Waals surface area contributed by atoms with Crippen molar-refractivity contribution in [2.24, 2.45) is 0 Å². The van der Waals surface area contributed by atoms with Gasteiger partial charge in [-0.15, -0.1) is 0 Å². The highest BCUT2D eigenvalue weighted by Gasteiger charge is 2.15. The van der Waals surface area contributed by atoms with Crippen molar-refractivity contribution in [3.8, 4) is 16.9 Å². The van der Waals surface area contributed by atoms with Crippen LogP contribution in [0.5, 0.6) is 0 Å². The zero-order chi connectivity index (χ0) is 21.1. The highest BCUT2D eigenvalue weighted by molar-refractivity contribution is 6.02. The third-order valence-corrected chi connectivity index (χ3v) is 4.55. The van der Waals surface area contributed by atoms with E-state index in [-0.39, 0.29) is 17.3 Å². The quantitative estimate of drug-likeness (QED) is 0.380. The number of rotatable bonds is 6. The molecule has 0 unspecified atom stereocenters. The van der Waals surface area contributed by atoms with Crippen LogP contribution in [0.1, 0.15) is 23.0 Å². The maximum Gasteiger partial charge on any atom is 0.278 e. The van der Waals surface area contributed by atoms with E-state index in [9.17, 15) is 14.9 Å². The molecule has 4 aromatic rings. The number of aromatic nitrogens is 3. The molecule has 0 atom stereocenters. The summed E-state index contributed by atoms with van der Waals surface area (Å²) in [5.41, 5.74) is 3.47. The summed E-state index contributed by atoms with van der Waals surface area (Å²) in [6, 6.07) is 17.0. The van der Waals surface area contributed by atoms with Crippen molar-refractivity contribution in [3.05, 3.63) is 88.2 Å². The first kappa shape index (κ1) is 19.1. The van der Waals surface area contributed by atoms with E-state index in [1.54, 1.807) is 24.4 Å². The van der Waals surface area contributed by atoms with E-state index in [1.165, 1.54) is 28.4 Å². The number of nitro groups is 1. The van der Waals surface area contributed by atoms with E-state index in [4.69, 9.17) is 4.52 Å². The Labute approximate surface area is 171 Å². The van der Waals surface area contributed by atoms with Gasteiger partial charge in [0, 0.05) is 30.0 Å². The van der Waals surface area contributed by atoms with Gasteiger partial charge in [-0.25, -0.2) is 4.68 Å². The number of aryl methyl sites for hydroxylation is 1. The second-order valence-electron chi connectivity index (χ2n) is 6.50. The number of anilines is 1. The monoisotopic (exact) mass is 403 g/mol. The molecule has 0 saturated carbocycles. The van der Waals surface area contributed by atoms with Crippen LogP contribution in [-0.4, -0.2) is 25.8 Å². The summed E-state index contributed by atoms with van der Waals surface area (Å²) in [6.45, 7) is 2.09. The van der Waals surface area contributed by atoms with Crippen LogP contribution in [-0.2, 0) is 6.42 Å². The number of carbonyl (C=O) groups excluding carboxylic acids is 1. The highest BCUT2D eigenvalue weighted by atomic mass is 16.6. The number of nitro benzene ring substituents is 1. The average molecular weight is 403 g/mol. The lowest BCUT2D eigenvalue weighted by atomic mass is 10.1. The molecule has 0 saturated heterocycles. The Kier molecular flexibility index (Phi) is 5.08. The molecule has 0 aliphatic heterocycles. The summed E-state index contributed by atoms with van der Waals surface area (Å²) in [5.74, 6) is -0.251. The highest BCUT2D eigenvalue weighted by Crippen LogP contribution is 2.23. The molecule has 0 spiro atoms. The molecule has 1 N–H and O–H groups in total. The molecule has 2 aromatic carbocycles. The van der Waals surface area contributed by atoms with Gasteiger partial charge in [0.15, 0.2) is 5.69 Å². The number of benzene rings is 2. The van der Waals surface area contributed by atoms with Crippen molar-refractivity contribution in [2.75, 3.05) is 5.32 Å². The van der Waals surface area contributed by atoms with Gasteiger partial charge in [-0.3, -0.25) is 20.2 Å². The minimum absolute atomic E-state index is 0.0191. The minimum Gasteiger partial charge on any atom is -0.338 e. The fraction of sp³-hybridized carbons (Fsp3) is 0.0952. The van der Waals surface area contributed by atoms with Crippen LogP contribution < -0.4 is 5.32 Å². The SMILES string of the molecule is CCc1ccc(-c2cc(NC(=O)c3ccn(-c4ccc([N+](=O)[O-])cc4)n3)on2)cc1. The molecule has 2 aromatic heterocycles. The molecule has 1 amide bonds. The van der Waals surface area contributed by atoms with Crippen LogP contribution in [0.4, 0.5) is 11.6 Å². The van der Waals surface area contributed by atoms with Crippen molar-refractivity contribution in [1.82, 2.24) is 14.9 Å². The zero-order valence-electron chi connectivity index (χ0n) is 16.0. The Balaban J connectivity index is 1.45. The Morgan fingerprint density at radius 2 is 1.87 bits per heavy atom. The van der Waals surface area contributed by atoms with Crippen LogP contribution in [0.25, 0.3) is 16.9 Å². The van der Waals surface area contributed by atoms with E-state index in [2.05, 4.69) is 22.5 Å². The average Bonchev–Trinajstić information content (AvgIpc) is 3.44. The number of hydrogen-bond acceptors (Lipinski definition) is 6. The lowest BCUT2D eigenvalue weighted by Crippen LogP contribution is -2.12. The van der Waals surface area contributed by atoms with E-state index in [0.29, 0.717) is 11.4 Å². The standard InChI is InChI=1S/C21H17N5O4/c1-2-14-3-5-15(6-4-14)19-13-20(30-24-19)22-21(27)18-11-12-25(23-18)16-7-9-17(10-8-16)26(28)29/h3-13H,2H2,1H3,(H,22,27). The molecule has 150 valence electrons. The van der Waals surface area contributed by atoms with Gasteiger partial charge in [-0.1, -0.05) is 36.3 Å². The predicted molar refractivity (Wildman–Crippen MR) is 109 cm³/mol. The molecule has 4 rings (SSSR count). The van der Waals surface area contributed by atoms with Crippen molar-refractivity contribution in [1.29, 1.82) is 0 Å². The Bertz CT molecular complexity index is 1190. The second-order valence-corrected chi connectivity index (χ2v) is 6.50. The Hall–Kier alpha value is -4.27. The van der Waals surface area contributed by atoms with E-state index < -0.39 is 10.8 Å². The fourth-order valence-electron chi connectivity index (χ4n) is 2.87. The van der Waals surface area contributed by atoms with Gasteiger partial charge in [0.25, 0.3) is 11.6 Å². The zero-order valence-corrected chi connectivity index (χ0v) is 16.0.